The molecule has 2 aromatic rings. The summed E-state index contributed by atoms with van der Waals surface area (Å²) in [5, 5.41) is 3.25. The zero-order valence-corrected chi connectivity index (χ0v) is 12.3. The molecule has 2 heterocycles. The molecule has 0 amide bonds. The van der Waals surface area contributed by atoms with E-state index in [9.17, 15) is 0 Å². The van der Waals surface area contributed by atoms with Gasteiger partial charge in [-0.25, -0.2) is 9.97 Å². The van der Waals surface area contributed by atoms with E-state index >= 15 is 0 Å². The smallest absolute Gasteiger partial charge is 0.223 e. The molecule has 0 saturated heterocycles. The van der Waals surface area contributed by atoms with Gasteiger partial charge in [-0.05, 0) is 37.6 Å². The molecular weight excluding hydrogens is 266 g/mol. The van der Waals surface area contributed by atoms with Gasteiger partial charge in [0, 0.05) is 24.4 Å². The zero-order chi connectivity index (χ0) is 14.7. The molecule has 3 rings (SSSR count). The van der Waals surface area contributed by atoms with Crippen molar-refractivity contribution < 1.29 is 9.47 Å². The lowest BCUT2D eigenvalue weighted by Gasteiger charge is -2.10. The maximum absolute atomic E-state index is 5.70. The number of fused-ring (bicyclic) bond motifs is 1. The summed E-state index contributed by atoms with van der Waals surface area (Å²) < 4.78 is 11.3. The van der Waals surface area contributed by atoms with Crippen molar-refractivity contribution in [1.29, 1.82) is 0 Å². The van der Waals surface area contributed by atoms with Crippen molar-refractivity contribution in [1.82, 2.24) is 9.97 Å². The Morgan fingerprint density at radius 1 is 1.00 bits per heavy atom. The summed E-state index contributed by atoms with van der Waals surface area (Å²) in [6, 6.07) is 7.96. The average molecular weight is 285 g/mol. The van der Waals surface area contributed by atoms with Gasteiger partial charge in [0.1, 0.15) is 0 Å². The topological polar surface area (TPSA) is 56.3 Å². The Kier molecular flexibility index (Phi) is 3.90. The van der Waals surface area contributed by atoms with E-state index in [4.69, 9.17) is 9.47 Å². The number of aryl methyl sites for hydroxylation is 2. The third kappa shape index (κ3) is 3.42. The van der Waals surface area contributed by atoms with Gasteiger partial charge in [-0.2, -0.15) is 0 Å². The van der Waals surface area contributed by atoms with Crippen molar-refractivity contribution in [2.24, 2.45) is 0 Å². The van der Waals surface area contributed by atoms with Crippen LogP contribution in [0.25, 0.3) is 0 Å². The Labute approximate surface area is 124 Å². The molecule has 0 spiro atoms. The number of hydrogen-bond donors (Lipinski definition) is 1. The lowest BCUT2D eigenvalue weighted by molar-refractivity contribution is 0.297. The fraction of sp³-hybridized carbons (Fsp3) is 0.375. The van der Waals surface area contributed by atoms with E-state index in [1.807, 2.05) is 38.1 Å². The van der Waals surface area contributed by atoms with E-state index in [0.717, 1.165) is 34.9 Å². The Morgan fingerprint density at radius 3 is 2.48 bits per heavy atom. The lowest BCUT2D eigenvalue weighted by Crippen LogP contribution is -2.05. The Bertz CT molecular complexity index is 623. The van der Waals surface area contributed by atoms with E-state index in [0.29, 0.717) is 25.7 Å². The fourth-order valence-electron chi connectivity index (χ4n) is 2.30. The van der Waals surface area contributed by atoms with E-state index in [-0.39, 0.29) is 0 Å². The van der Waals surface area contributed by atoms with Crippen LogP contribution in [-0.4, -0.2) is 23.2 Å². The van der Waals surface area contributed by atoms with Crippen molar-refractivity contribution in [2.75, 3.05) is 18.5 Å². The van der Waals surface area contributed by atoms with Gasteiger partial charge in [0.25, 0.3) is 0 Å². The highest BCUT2D eigenvalue weighted by molar-refractivity contribution is 5.44. The van der Waals surface area contributed by atoms with Crippen LogP contribution < -0.4 is 14.8 Å². The number of aromatic nitrogens is 2. The second kappa shape index (κ2) is 5.99. The standard InChI is InChI=1S/C16H19N3O2/c1-11-8-12(2)19-16(18-11)17-10-13-4-5-14-15(9-13)21-7-3-6-20-14/h4-5,8-9H,3,6-7,10H2,1-2H3,(H,17,18,19). The first-order valence-corrected chi connectivity index (χ1v) is 7.15. The Morgan fingerprint density at radius 2 is 1.71 bits per heavy atom. The summed E-state index contributed by atoms with van der Waals surface area (Å²) >= 11 is 0. The molecule has 5 heteroatoms. The fourth-order valence-corrected chi connectivity index (χ4v) is 2.30. The molecule has 1 aromatic heterocycles. The third-order valence-electron chi connectivity index (χ3n) is 3.24. The molecule has 1 aliphatic rings. The summed E-state index contributed by atoms with van der Waals surface area (Å²) in [6.07, 6.45) is 0.915. The summed E-state index contributed by atoms with van der Waals surface area (Å²) in [7, 11) is 0. The third-order valence-corrected chi connectivity index (χ3v) is 3.24. The SMILES string of the molecule is Cc1cc(C)nc(NCc2ccc3c(c2)OCCCO3)n1. The highest BCUT2D eigenvalue weighted by Gasteiger charge is 2.10. The largest absolute Gasteiger partial charge is 0.490 e. The summed E-state index contributed by atoms with van der Waals surface area (Å²) in [5.41, 5.74) is 3.04. The van der Waals surface area contributed by atoms with Gasteiger partial charge >= 0.3 is 0 Å². The number of anilines is 1. The van der Waals surface area contributed by atoms with Crippen LogP contribution in [0.4, 0.5) is 5.95 Å². The second-order valence-electron chi connectivity index (χ2n) is 5.16. The quantitative estimate of drug-likeness (QED) is 0.939. The first-order valence-electron chi connectivity index (χ1n) is 7.15. The van der Waals surface area contributed by atoms with Gasteiger partial charge in [0.15, 0.2) is 11.5 Å². The Hall–Kier alpha value is -2.30. The van der Waals surface area contributed by atoms with E-state index in [1.54, 1.807) is 0 Å². The van der Waals surface area contributed by atoms with Gasteiger partial charge in [-0.3, -0.25) is 0 Å². The zero-order valence-electron chi connectivity index (χ0n) is 12.3. The number of benzene rings is 1. The number of rotatable bonds is 3. The molecule has 110 valence electrons. The van der Waals surface area contributed by atoms with Crippen molar-refractivity contribution in [3.8, 4) is 11.5 Å². The van der Waals surface area contributed by atoms with Gasteiger partial charge in [-0.1, -0.05) is 6.07 Å². The monoisotopic (exact) mass is 285 g/mol. The maximum Gasteiger partial charge on any atom is 0.223 e. The molecule has 0 radical (unpaired) electrons. The Balaban J connectivity index is 1.71. The molecule has 0 saturated carbocycles. The van der Waals surface area contributed by atoms with Crippen molar-refractivity contribution >= 4 is 5.95 Å². The normalized spacial score (nSPS) is 13.6. The second-order valence-corrected chi connectivity index (χ2v) is 5.16. The number of nitrogens with zero attached hydrogens (tertiary/aromatic N) is 2. The number of hydrogen-bond acceptors (Lipinski definition) is 5. The minimum atomic E-state index is 0.652. The first-order chi connectivity index (χ1) is 10.2. The molecule has 1 aromatic carbocycles. The minimum absolute atomic E-state index is 0.652. The minimum Gasteiger partial charge on any atom is -0.490 e. The molecular formula is C16H19N3O2. The number of ether oxygens (including phenoxy) is 2. The predicted molar refractivity (Wildman–Crippen MR) is 80.9 cm³/mol. The van der Waals surface area contributed by atoms with Crippen LogP contribution in [0.1, 0.15) is 23.4 Å². The lowest BCUT2D eigenvalue weighted by atomic mass is 10.2. The molecule has 0 aliphatic carbocycles. The molecule has 0 atom stereocenters. The molecule has 1 N–H and O–H groups in total. The van der Waals surface area contributed by atoms with Gasteiger partial charge in [0.2, 0.25) is 5.95 Å². The van der Waals surface area contributed by atoms with Crippen LogP contribution in [0.5, 0.6) is 11.5 Å². The molecule has 1 aliphatic heterocycles. The average Bonchev–Trinajstić information content (AvgIpc) is 2.68. The van der Waals surface area contributed by atoms with Crippen LogP contribution in [0, 0.1) is 13.8 Å². The highest BCUT2D eigenvalue weighted by atomic mass is 16.5. The predicted octanol–water partition coefficient (Wildman–Crippen LogP) is 2.87. The van der Waals surface area contributed by atoms with Crippen LogP contribution in [0.15, 0.2) is 24.3 Å². The molecule has 0 fully saturated rings. The summed E-state index contributed by atoms with van der Waals surface area (Å²) in [4.78, 5) is 8.75. The van der Waals surface area contributed by atoms with E-state index < -0.39 is 0 Å². The van der Waals surface area contributed by atoms with Crippen LogP contribution in [0.3, 0.4) is 0 Å². The highest BCUT2D eigenvalue weighted by Crippen LogP contribution is 2.30. The summed E-state index contributed by atoms with van der Waals surface area (Å²) in [6.45, 7) is 5.99. The van der Waals surface area contributed by atoms with Crippen LogP contribution in [0.2, 0.25) is 0 Å². The molecule has 21 heavy (non-hydrogen) atoms. The van der Waals surface area contributed by atoms with Gasteiger partial charge in [0.05, 0.1) is 13.2 Å². The van der Waals surface area contributed by atoms with E-state index in [2.05, 4.69) is 15.3 Å². The van der Waals surface area contributed by atoms with Crippen LogP contribution >= 0.6 is 0 Å². The van der Waals surface area contributed by atoms with Gasteiger partial charge in [-0.15, -0.1) is 0 Å². The number of nitrogens with one attached hydrogen (secondary N) is 1. The molecule has 0 bridgehead atoms. The van der Waals surface area contributed by atoms with Gasteiger partial charge < -0.3 is 14.8 Å². The summed E-state index contributed by atoms with van der Waals surface area (Å²) in [5.74, 6) is 2.28. The maximum atomic E-state index is 5.70. The van der Waals surface area contributed by atoms with Crippen molar-refractivity contribution in [3.63, 3.8) is 0 Å². The van der Waals surface area contributed by atoms with Crippen LogP contribution in [-0.2, 0) is 6.54 Å². The molecule has 5 nitrogen and oxygen atoms in total. The van der Waals surface area contributed by atoms with Crippen molar-refractivity contribution in [3.05, 3.63) is 41.2 Å². The van der Waals surface area contributed by atoms with E-state index in [1.165, 1.54) is 0 Å². The first kappa shape index (κ1) is 13.7. The molecule has 0 unspecified atom stereocenters. The van der Waals surface area contributed by atoms with Crippen molar-refractivity contribution in [2.45, 2.75) is 26.8 Å².